The molecular weight excluding hydrogens is 540 g/mol. The second kappa shape index (κ2) is 13.5. The van der Waals surface area contributed by atoms with Crippen LogP contribution in [0.2, 0.25) is 5.02 Å². The number of methoxy groups -OCH3 is 3. The van der Waals surface area contributed by atoms with Gasteiger partial charge in [-0.25, -0.2) is 8.42 Å². The molecule has 2 aromatic carbocycles. The highest BCUT2D eigenvalue weighted by molar-refractivity contribution is 7.98. The van der Waals surface area contributed by atoms with E-state index in [-0.39, 0.29) is 27.1 Å². The highest BCUT2D eigenvalue weighted by Gasteiger charge is 2.30. The molecule has 0 radical (unpaired) electrons. The highest BCUT2D eigenvalue weighted by atomic mass is 35.5. The number of anilines is 1. The first-order chi connectivity index (χ1) is 17.8. The van der Waals surface area contributed by atoms with Crippen molar-refractivity contribution >= 4 is 45.0 Å². The summed E-state index contributed by atoms with van der Waals surface area (Å²) in [6, 6.07) is 12.5. The van der Waals surface area contributed by atoms with Crippen molar-refractivity contribution in [3.63, 3.8) is 0 Å². The number of nitrogens with one attached hydrogen (secondary N) is 1. The maximum absolute atomic E-state index is 13.8. The normalized spacial score (nSPS) is 11.1. The van der Waals surface area contributed by atoms with Crippen molar-refractivity contribution < 1.29 is 31.8 Å². The number of hydrogen-bond acceptors (Lipinski definition) is 8. The van der Waals surface area contributed by atoms with Gasteiger partial charge in [0.1, 0.15) is 18.1 Å². The predicted octanol–water partition coefficient (Wildman–Crippen LogP) is 4.59. The number of nitrogens with zero attached hydrogens (tertiary/aromatic N) is 1. The van der Waals surface area contributed by atoms with Crippen LogP contribution in [0, 0.1) is 0 Å². The number of hydrogen-bond donors (Lipinski definition) is 1. The Kier molecular flexibility index (Phi) is 10.4. The van der Waals surface area contributed by atoms with Crippen LogP contribution < -0.4 is 23.8 Å². The number of thioether (sulfide) groups is 1. The van der Waals surface area contributed by atoms with E-state index in [1.807, 2.05) is 12.1 Å². The van der Waals surface area contributed by atoms with Crippen LogP contribution in [0.4, 0.5) is 5.69 Å². The standard InChI is InChI=1S/C25H29ClN2O7S2/c1-32-22-9-7-18(26)14-21(22)28(37(30,31)20-8-10-23(33-2)24(15-20)34-3)16-25(29)27-11-5-13-36-17-19-6-4-12-35-19/h4,6-10,12,14-15H,5,11,13,16-17H2,1-3H3,(H,27,29). The van der Waals surface area contributed by atoms with Crippen LogP contribution in [-0.4, -0.2) is 54.5 Å². The minimum Gasteiger partial charge on any atom is -0.495 e. The number of amides is 1. The third-order valence-corrected chi connectivity index (χ3v) is 8.31. The van der Waals surface area contributed by atoms with Crippen LogP contribution in [0.1, 0.15) is 12.2 Å². The Morgan fingerprint density at radius 2 is 1.76 bits per heavy atom. The molecular formula is C25H29ClN2O7S2. The number of ether oxygens (including phenoxy) is 3. The summed E-state index contributed by atoms with van der Waals surface area (Å²) in [5.74, 6) is 2.82. The van der Waals surface area contributed by atoms with Gasteiger partial charge < -0.3 is 23.9 Å². The Hall–Kier alpha value is -3.02. The van der Waals surface area contributed by atoms with Gasteiger partial charge in [0.15, 0.2) is 11.5 Å². The number of furan rings is 1. The Balaban J connectivity index is 1.78. The van der Waals surface area contributed by atoms with E-state index < -0.39 is 22.5 Å². The van der Waals surface area contributed by atoms with Gasteiger partial charge >= 0.3 is 0 Å². The van der Waals surface area contributed by atoms with Crippen LogP contribution in [-0.2, 0) is 20.6 Å². The number of carbonyl (C=O) groups excluding carboxylic acids is 1. The van der Waals surface area contributed by atoms with Gasteiger partial charge in [0, 0.05) is 17.6 Å². The predicted molar refractivity (Wildman–Crippen MR) is 145 cm³/mol. The average molecular weight is 569 g/mol. The van der Waals surface area contributed by atoms with Crippen molar-refractivity contribution in [3.8, 4) is 17.2 Å². The van der Waals surface area contributed by atoms with Gasteiger partial charge in [0.05, 0.1) is 43.9 Å². The molecule has 0 saturated heterocycles. The molecule has 3 rings (SSSR count). The molecule has 0 atom stereocenters. The fraction of sp³-hybridized carbons (Fsp3) is 0.320. The van der Waals surface area contributed by atoms with Crippen LogP contribution >= 0.6 is 23.4 Å². The third kappa shape index (κ3) is 7.50. The van der Waals surface area contributed by atoms with Crippen LogP contribution in [0.15, 0.2) is 64.1 Å². The van der Waals surface area contributed by atoms with Crippen LogP contribution in [0.5, 0.6) is 17.2 Å². The molecule has 0 unspecified atom stereocenters. The van der Waals surface area contributed by atoms with Crippen molar-refractivity contribution in [2.45, 2.75) is 17.1 Å². The zero-order chi connectivity index (χ0) is 26.8. The molecule has 9 nitrogen and oxygen atoms in total. The lowest BCUT2D eigenvalue weighted by Gasteiger charge is -2.26. The van der Waals surface area contributed by atoms with Crippen LogP contribution in [0.3, 0.4) is 0 Å². The monoisotopic (exact) mass is 568 g/mol. The molecule has 12 heteroatoms. The highest BCUT2D eigenvalue weighted by Crippen LogP contribution is 2.37. The van der Waals surface area contributed by atoms with E-state index in [0.717, 1.165) is 21.6 Å². The second-order valence-corrected chi connectivity index (χ2v) is 11.1. The maximum atomic E-state index is 13.8. The van der Waals surface area contributed by atoms with E-state index in [9.17, 15) is 13.2 Å². The second-order valence-electron chi connectivity index (χ2n) is 7.68. The first kappa shape index (κ1) is 28.5. The van der Waals surface area contributed by atoms with E-state index in [1.165, 1.54) is 45.6 Å². The Morgan fingerprint density at radius 3 is 2.43 bits per heavy atom. The summed E-state index contributed by atoms with van der Waals surface area (Å²) in [6.45, 7) is -0.0895. The van der Waals surface area contributed by atoms with E-state index in [1.54, 1.807) is 30.2 Å². The zero-order valence-electron chi connectivity index (χ0n) is 20.7. The van der Waals surface area contributed by atoms with Crippen molar-refractivity contribution in [1.29, 1.82) is 0 Å². The minimum absolute atomic E-state index is 0.0886. The van der Waals surface area contributed by atoms with E-state index in [2.05, 4.69) is 5.32 Å². The molecule has 0 aliphatic carbocycles. The number of halogens is 1. The minimum atomic E-state index is -4.24. The van der Waals surface area contributed by atoms with Crippen molar-refractivity contribution in [3.05, 3.63) is 65.6 Å². The molecule has 0 aliphatic heterocycles. The van der Waals surface area contributed by atoms with Gasteiger partial charge in [-0.2, -0.15) is 11.8 Å². The summed E-state index contributed by atoms with van der Waals surface area (Å²) in [6.07, 6.45) is 2.34. The van der Waals surface area contributed by atoms with Gasteiger partial charge in [-0.05, 0) is 54.6 Å². The smallest absolute Gasteiger partial charge is 0.265 e. The number of rotatable bonds is 14. The summed E-state index contributed by atoms with van der Waals surface area (Å²) in [5, 5.41) is 3.08. The molecule has 0 spiro atoms. The first-order valence-corrected chi connectivity index (χ1v) is 14.2. The average Bonchev–Trinajstić information content (AvgIpc) is 3.42. The zero-order valence-corrected chi connectivity index (χ0v) is 23.1. The van der Waals surface area contributed by atoms with Crippen molar-refractivity contribution in [2.24, 2.45) is 0 Å². The molecule has 1 amide bonds. The first-order valence-electron chi connectivity index (χ1n) is 11.2. The lowest BCUT2D eigenvalue weighted by molar-refractivity contribution is -0.119. The Labute approximate surface area is 226 Å². The fourth-order valence-electron chi connectivity index (χ4n) is 3.42. The molecule has 1 N–H and O–H groups in total. The Morgan fingerprint density at radius 1 is 1.03 bits per heavy atom. The molecule has 0 saturated carbocycles. The topological polar surface area (TPSA) is 107 Å². The van der Waals surface area contributed by atoms with Crippen molar-refractivity contribution in [1.82, 2.24) is 5.32 Å². The maximum Gasteiger partial charge on any atom is 0.265 e. The lowest BCUT2D eigenvalue weighted by atomic mass is 10.3. The van der Waals surface area contributed by atoms with Gasteiger partial charge in [-0.15, -0.1) is 0 Å². The molecule has 0 bridgehead atoms. The quantitative estimate of drug-likeness (QED) is 0.281. The molecule has 1 aromatic heterocycles. The number of carbonyl (C=O) groups is 1. The van der Waals surface area contributed by atoms with Crippen LogP contribution in [0.25, 0.3) is 0 Å². The largest absolute Gasteiger partial charge is 0.495 e. The van der Waals surface area contributed by atoms with Gasteiger partial charge in [0.2, 0.25) is 5.91 Å². The van der Waals surface area contributed by atoms with Gasteiger partial charge in [-0.3, -0.25) is 9.10 Å². The molecule has 200 valence electrons. The number of benzene rings is 2. The summed E-state index contributed by atoms with van der Waals surface area (Å²) in [5.41, 5.74) is 0.133. The summed E-state index contributed by atoms with van der Waals surface area (Å²) in [7, 11) is 0.0369. The van der Waals surface area contributed by atoms with E-state index in [4.69, 9.17) is 30.2 Å². The fourth-order valence-corrected chi connectivity index (χ4v) is 5.88. The van der Waals surface area contributed by atoms with E-state index >= 15 is 0 Å². The van der Waals surface area contributed by atoms with Crippen molar-refractivity contribution in [2.75, 3.05) is 44.5 Å². The van der Waals surface area contributed by atoms with Gasteiger partial charge in [0.25, 0.3) is 10.0 Å². The number of sulfonamides is 1. The lowest BCUT2D eigenvalue weighted by Crippen LogP contribution is -2.41. The molecule has 0 aliphatic rings. The SMILES string of the molecule is COc1ccc(S(=O)(=O)N(CC(=O)NCCCSCc2ccco2)c2cc(Cl)ccc2OC)cc1OC. The molecule has 0 fully saturated rings. The third-order valence-electron chi connectivity index (χ3n) is 5.25. The Bertz CT molecular complexity index is 1280. The summed E-state index contributed by atoms with van der Waals surface area (Å²) in [4.78, 5) is 12.8. The van der Waals surface area contributed by atoms with Gasteiger partial charge in [-0.1, -0.05) is 11.6 Å². The molecule has 37 heavy (non-hydrogen) atoms. The molecule has 3 aromatic rings. The molecule has 1 heterocycles. The summed E-state index contributed by atoms with van der Waals surface area (Å²) >= 11 is 7.87. The van der Waals surface area contributed by atoms with E-state index in [0.29, 0.717) is 18.7 Å². The summed E-state index contributed by atoms with van der Waals surface area (Å²) < 4.78 is 49.7.